The molecule has 3 rings (SSSR count). The van der Waals surface area contributed by atoms with Crippen molar-refractivity contribution in [2.24, 2.45) is 0 Å². The molecule has 0 fully saturated rings. The smallest absolute Gasteiger partial charge is 0.257 e. The zero-order chi connectivity index (χ0) is 17.8. The number of nitrogens with one attached hydrogen (secondary N) is 1. The number of carbonyl (C=O) groups is 1. The van der Waals surface area contributed by atoms with Crippen molar-refractivity contribution >= 4 is 46.6 Å². The lowest BCUT2D eigenvalue weighted by atomic mass is 10.2. The molecule has 0 saturated carbocycles. The molecule has 0 atom stereocenters. The monoisotopic (exact) mass is 391 g/mol. The highest BCUT2D eigenvalue weighted by Gasteiger charge is 2.12. The standard InChI is InChI=1S/C18H15Cl2N3OS/c1-25-15-5-6-17(20)16(8-15)18(24)22-14-9-21-23(11-14)10-12-3-2-4-13(19)7-12/h2-9,11H,10H2,1H3,(H,22,24). The van der Waals surface area contributed by atoms with Crippen molar-refractivity contribution in [1.29, 1.82) is 0 Å². The fourth-order valence-corrected chi connectivity index (χ4v) is 3.20. The zero-order valence-corrected chi connectivity index (χ0v) is 15.7. The topological polar surface area (TPSA) is 46.9 Å². The van der Waals surface area contributed by atoms with Gasteiger partial charge in [0.2, 0.25) is 0 Å². The van der Waals surface area contributed by atoms with Crippen LogP contribution in [0.25, 0.3) is 0 Å². The Kier molecular flexibility index (Phi) is 5.68. The number of carbonyl (C=O) groups excluding carboxylic acids is 1. The number of aromatic nitrogens is 2. The molecule has 0 unspecified atom stereocenters. The predicted octanol–water partition coefficient (Wildman–Crippen LogP) is 5.21. The third-order valence-corrected chi connectivity index (χ3v) is 4.83. The highest BCUT2D eigenvalue weighted by atomic mass is 35.5. The summed E-state index contributed by atoms with van der Waals surface area (Å²) in [5, 5.41) is 8.19. The van der Waals surface area contributed by atoms with Crippen LogP contribution in [0.5, 0.6) is 0 Å². The summed E-state index contributed by atoms with van der Waals surface area (Å²) in [6, 6.07) is 13.0. The van der Waals surface area contributed by atoms with Gasteiger partial charge in [-0.05, 0) is 42.2 Å². The van der Waals surface area contributed by atoms with Crippen LogP contribution in [0.4, 0.5) is 5.69 Å². The van der Waals surface area contributed by atoms with Crippen molar-refractivity contribution < 1.29 is 4.79 Å². The molecule has 0 spiro atoms. The fourth-order valence-electron chi connectivity index (χ4n) is 2.34. The lowest BCUT2D eigenvalue weighted by Gasteiger charge is -2.06. The van der Waals surface area contributed by atoms with E-state index in [1.165, 1.54) is 0 Å². The molecule has 0 bridgehead atoms. The van der Waals surface area contributed by atoms with Gasteiger partial charge in [0, 0.05) is 16.1 Å². The van der Waals surface area contributed by atoms with E-state index in [1.807, 2.05) is 36.6 Å². The molecular weight excluding hydrogens is 377 g/mol. The maximum absolute atomic E-state index is 12.5. The zero-order valence-electron chi connectivity index (χ0n) is 13.4. The largest absolute Gasteiger partial charge is 0.319 e. The Morgan fingerprint density at radius 1 is 1.24 bits per heavy atom. The van der Waals surface area contributed by atoms with Crippen LogP contribution in [0, 0.1) is 0 Å². The summed E-state index contributed by atoms with van der Waals surface area (Å²) < 4.78 is 1.74. The van der Waals surface area contributed by atoms with Gasteiger partial charge >= 0.3 is 0 Å². The molecule has 0 radical (unpaired) electrons. The number of amides is 1. The number of halogens is 2. The van der Waals surface area contributed by atoms with Gasteiger partial charge in [-0.1, -0.05) is 35.3 Å². The number of thioether (sulfide) groups is 1. The van der Waals surface area contributed by atoms with Crippen LogP contribution in [0.1, 0.15) is 15.9 Å². The summed E-state index contributed by atoms with van der Waals surface area (Å²) in [5.41, 5.74) is 2.08. The molecule has 0 aliphatic carbocycles. The highest BCUT2D eigenvalue weighted by molar-refractivity contribution is 7.98. The van der Waals surface area contributed by atoms with Crippen molar-refractivity contribution in [3.63, 3.8) is 0 Å². The molecule has 25 heavy (non-hydrogen) atoms. The van der Waals surface area contributed by atoms with Gasteiger partial charge < -0.3 is 5.32 Å². The summed E-state index contributed by atoms with van der Waals surface area (Å²) >= 11 is 13.7. The van der Waals surface area contributed by atoms with E-state index in [4.69, 9.17) is 23.2 Å². The molecule has 0 aliphatic rings. The van der Waals surface area contributed by atoms with E-state index in [0.29, 0.717) is 27.8 Å². The highest BCUT2D eigenvalue weighted by Crippen LogP contribution is 2.24. The van der Waals surface area contributed by atoms with Gasteiger partial charge in [0.05, 0.1) is 29.0 Å². The van der Waals surface area contributed by atoms with Gasteiger partial charge in [-0.3, -0.25) is 9.48 Å². The lowest BCUT2D eigenvalue weighted by molar-refractivity contribution is 0.102. The summed E-state index contributed by atoms with van der Waals surface area (Å²) in [6.45, 7) is 0.569. The molecule has 1 N–H and O–H groups in total. The quantitative estimate of drug-likeness (QED) is 0.606. The average Bonchev–Trinajstić information content (AvgIpc) is 3.02. The Balaban J connectivity index is 1.72. The summed E-state index contributed by atoms with van der Waals surface area (Å²) in [5.74, 6) is -0.261. The first-order valence-electron chi connectivity index (χ1n) is 7.47. The Hall–Kier alpha value is -1.95. The molecule has 0 aliphatic heterocycles. The van der Waals surface area contributed by atoms with E-state index in [9.17, 15) is 4.79 Å². The van der Waals surface area contributed by atoms with Crippen molar-refractivity contribution in [2.75, 3.05) is 11.6 Å². The molecule has 128 valence electrons. The number of benzene rings is 2. The van der Waals surface area contributed by atoms with Crippen LogP contribution in [0.3, 0.4) is 0 Å². The van der Waals surface area contributed by atoms with Crippen LogP contribution in [-0.4, -0.2) is 21.9 Å². The van der Waals surface area contributed by atoms with Gasteiger partial charge in [-0.2, -0.15) is 5.10 Å². The second-order valence-corrected chi connectivity index (χ2v) is 7.08. The molecular formula is C18H15Cl2N3OS. The first-order chi connectivity index (χ1) is 12.0. The van der Waals surface area contributed by atoms with Gasteiger partial charge in [-0.15, -0.1) is 11.8 Å². The van der Waals surface area contributed by atoms with Gasteiger partial charge in [0.25, 0.3) is 5.91 Å². The SMILES string of the molecule is CSc1ccc(Cl)c(C(=O)Nc2cnn(Cc3cccc(Cl)c3)c2)c1. The number of anilines is 1. The molecule has 0 saturated heterocycles. The van der Waals surface area contributed by atoms with Crippen LogP contribution < -0.4 is 5.32 Å². The van der Waals surface area contributed by atoms with Gasteiger partial charge in [0.1, 0.15) is 0 Å². The number of hydrogen-bond donors (Lipinski definition) is 1. The second-order valence-electron chi connectivity index (χ2n) is 5.36. The van der Waals surface area contributed by atoms with E-state index in [1.54, 1.807) is 41.0 Å². The average molecular weight is 392 g/mol. The number of hydrogen-bond acceptors (Lipinski definition) is 3. The first-order valence-corrected chi connectivity index (χ1v) is 9.45. The van der Waals surface area contributed by atoms with Crippen molar-refractivity contribution in [2.45, 2.75) is 11.4 Å². The van der Waals surface area contributed by atoms with E-state index < -0.39 is 0 Å². The molecule has 3 aromatic rings. The van der Waals surface area contributed by atoms with E-state index in [-0.39, 0.29) is 5.91 Å². The third kappa shape index (κ3) is 4.57. The second kappa shape index (κ2) is 7.95. The summed E-state index contributed by atoms with van der Waals surface area (Å²) in [4.78, 5) is 13.4. The van der Waals surface area contributed by atoms with Crippen LogP contribution in [-0.2, 0) is 6.54 Å². The summed E-state index contributed by atoms with van der Waals surface area (Å²) in [7, 11) is 0. The van der Waals surface area contributed by atoms with Crippen molar-refractivity contribution in [1.82, 2.24) is 9.78 Å². The Morgan fingerprint density at radius 3 is 2.84 bits per heavy atom. The van der Waals surface area contributed by atoms with E-state index in [0.717, 1.165) is 10.5 Å². The minimum absolute atomic E-state index is 0.261. The normalized spacial score (nSPS) is 10.7. The maximum Gasteiger partial charge on any atom is 0.257 e. The molecule has 1 heterocycles. The van der Waals surface area contributed by atoms with E-state index in [2.05, 4.69) is 10.4 Å². The van der Waals surface area contributed by atoms with E-state index >= 15 is 0 Å². The lowest BCUT2D eigenvalue weighted by Crippen LogP contribution is -2.12. The molecule has 2 aromatic carbocycles. The number of rotatable bonds is 5. The minimum Gasteiger partial charge on any atom is -0.319 e. The molecule has 4 nitrogen and oxygen atoms in total. The molecule has 7 heteroatoms. The first kappa shape index (κ1) is 17.9. The van der Waals surface area contributed by atoms with Crippen molar-refractivity contribution in [3.05, 3.63) is 76.0 Å². The van der Waals surface area contributed by atoms with Crippen molar-refractivity contribution in [3.8, 4) is 0 Å². The van der Waals surface area contributed by atoms with Crippen LogP contribution in [0.2, 0.25) is 10.0 Å². The Morgan fingerprint density at radius 2 is 2.08 bits per heavy atom. The maximum atomic E-state index is 12.5. The Labute approximate surface area is 160 Å². The minimum atomic E-state index is -0.261. The van der Waals surface area contributed by atoms with Crippen LogP contribution >= 0.6 is 35.0 Å². The molecule has 1 amide bonds. The third-order valence-electron chi connectivity index (χ3n) is 3.54. The Bertz CT molecular complexity index is 911. The number of nitrogens with zero attached hydrogens (tertiary/aromatic N) is 2. The summed E-state index contributed by atoms with van der Waals surface area (Å²) in [6.07, 6.45) is 5.32. The van der Waals surface area contributed by atoms with Crippen LogP contribution in [0.15, 0.2) is 59.8 Å². The molecule has 1 aromatic heterocycles. The predicted molar refractivity (Wildman–Crippen MR) is 104 cm³/mol. The van der Waals surface area contributed by atoms with Gasteiger partial charge in [-0.25, -0.2) is 0 Å². The van der Waals surface area contributed by atoms with Gasteiger partial charge in [0.15, 0.2) is 0 Å². The fraction of sp³-hybridized carbons (Fsp3) is 0.111.